The number of rotatable bonds is 9. The molecule has 1 aromatic carbocycles. The van der Waals surface area contributed by atoms with Crippen LogP contribution < -0.4 is 25.4 Å². The summed E-state index contributed by atoms with van der Waals surface area (Å²) in [5.41, 5.74) is 1.68. The Kier molecular flexibility index (Phi) is 9.45. The molecule has 2 N–H and O–H groups in total. The van der Waals surface area contributed by atoms with Crippen LogP contribution in [0.3, 0.4) is 0 Å². The van der Waals surface area contributed by atoms with Crippen LogP contribution in [0.25, 0.3) is 11.8 Å². The molecule has 2 aromatic rings. The van der Waals surface area contributed by atoms with E-state index in [1.807, 2.05) is 24.3 Å². The second kappa shape index (κ2) is 12.7. The van der Waals surface area contributed by atoms with Gasteiger partial charge >= 0.3 is 0 Å². The summed E-state index contributed by atoms with van der Waals surface area (Å²) in [6, 6.07) is 11.8. The maximum Gasteiger partial charge on any atom is 0.270 e. The second-order valence-corrected chi connectivity index (χ2v) is 9.17. The quantitative estimate of drug-likeness (QED) is 0.528. The third kappa shape index (κ3) is 6.57. The molecule has 0 aliphatic carbocycles. The fraction of sp³-hybridized carbons (Fsp3) is 0.440. The highest BCUT2D eigenvalue weighted by atomic mass is 32.1. The molecule has 0 unspecified atom stereocenters. The van der Waals surface area contributed by atoms with E-state index >= 15 is 0 Å². The van der Waals surface area contributed by atoms with Crippen LogP contribution in [0.15, 0.2) is 29.1 Å². The number of anilines is 1. The van der Waals surface area contributed by atoms with Crippen LogP contribution in [0.4, 0.5) is 5.69 Å². The second-order valence-electron chi connectivity index (χ2n) is 8.14. The minimum atomic E-state index is -0.663. The van der Waals surface area contributed by atoms with Gasteiger partial charge in [-0.05, 0) is 69.9 Å². The first kappa shape index (κ1) is 25.2. The first-order valence-corrected chi connectivity index (χ1v) is 12.5. The van der Waals surface area contributed by atoms with Gasteiger partial charge in [0.2, 0.25) is 0 Å². The van der Waals surface area contributed by atoms with E-state index < -0.39 is 5.91 Å². The third-order valence-electron chi connectivity index (χ3n) is 5.79. The maximum absolute atomic E-state index is 12.8. The number of nitriles is 2. The molecule has 1 aliphatic heterocycles. The summed E-state index contributed by atoms with van der Waals surface area (Å²) in [5.74, 6) is -0.663. The van der Waals surface area contributed by atoms with Crippen LogP contribution in [0, 0.1) is 22.7 Å². The molecule has 34 heavy (non-hydrogen) atoms. The highest BCUT2D eigenvalue weighted by Crippen LogP contribution is 2.14. The van der Waals surface area contributed by atoms with Gasteiger partial charge in [0, 0.05) is 18.4 Å². The fourth-order valence-corrected chi connectivity index (χ4v) is 5.14. The van der Waals surface area contributed by atoms with Gasteiger partial charge in [0.25, 0.3) is 11.5 Å². The zero-order chi connectivity index (χ0) is 24.3. The van der Waals surface area contributed by atoms with E-state index in [-0.39, 0.29) is 22.3 Å². The summed E-state index contributed by atoms with van der Waals surface area (Å²) in [6.45, 7) is 5.43. The van der Waals surface area contributed by atoms with Crippen molar-refractivity contribution in [2.45, 2.75) is 45.6 Å². The number of hydrogen-bond donors (Lipinski definition) is 2. The number of amides is 1. The molecule has 1 saturated heterocycles. The molecule has 0 spiro atoms. The van der Waals surface area contributed by atoms with Crippen molar-refractivity contribution in [2.24, 2.45) is 0 Å². The predicted octanol–water partition coefficient (Wildman–Crippen LogP) is 1.51. The van der Waals surface area contributed by atoms with E-state index in [2.05, 4.69) is 27.7 Å². The van der Waals surface area contributed by atoms with Crippen molar-refractivity contribution in [1.29, 1.82) is 10.5 Å². The molecule has 0 bridgehead atoms. The lowest BCUT2D eigenvalue weighted by molar-refractivity contribution is -0.115. The Morgan fingerprint density at radius 1 is 1.24 bits per heavy atom. The summed E-state index contributed by atoms with van der Waals surface area (Å²) in [7, 11) is 0. The van der Waals surface area contributed by atoms with E-state index in [0.29, 0.717) is 11.1 Å². The van der Waals surface area contributed by atoms with E-state index in [4.69, 9.17) is 5.26 Å². The maximum atomic E-state index is 12.8. The van der Waals surface area contributed by atoms with Crippen LogP contribution in [0.2, 0.25) is 0 Å². The van der Waals surface area contributed by atoms with E-state index in [1.54, 1.807) is 13.1 Å². The average molecular weight is 479 g/mol. The third-order valence-corrected chi connectivity index (χ3v) is 6.92. The highest BCUT2D eigenvalue weighted by molar-refractivity contribution is 7.07. The Morgan fingerprint density at radius 3 is 2.74 bits per heavy atom. The topological polar surface area (TPSA) is 114 Å². The van der Waals surface area contributed by atoms with Crippen molar-refractivity contribution in [3.8, 4) is 12.1 Å². The monoisotopic (exact) mass is 478 g/mol. The van der Waals surface area contributed by atoms with E-state index in [9.17, 15) is 14.9 Å². The van der Waals surface area contributed by atoms with Crippen molar-refractivity contribution in [3.05, 3.63) is 49.4 Å². The number of aryl methyl sites for hydroxylation is 1. The molecule has 9 heteroatoms. The lowest BCUT2D eigenvalue weighted by Gasteiger charge is -2.26. The normalized spacial score (nSPS) is 15.3. The van der Waals surface area contributed by atoms with Crippen LogP contribution in [0.1, 0.15) is 38.2 Å². The van der Waals surface area contributed by atoms with Crippen LogP contribution in [0.5, 0.6) is 0 Å². The molecule has 1 aliphatic rings. The van der Waals surface area contributed by atoms with Gasteiger partial charge in [0.1, 0.15) is 21.8 Å². The molecule has 0 saturated carbocycles. The number of benzene rings is 1. The summed E-state index contributed by atoms with van der Waals surface area (Å²) in [6.07, 6.45) is 7.69. The molecule has 1 fully saturated rings. The van der Waals surface area contributed by atoms with Crippen molar-refractivity contribution >= 4 is 34.7 Å². The number of hydrogen-bond acceptors (Lipinski definition) is 7. The number of likely N-dealkylation sites (tertiary alicyclic amines) is 1. The summed E-state index contributed by atoms with van der Waals surface area (Å²) in [4.78, 5) is 27.7. The SMILES string of the molecule is CCn1c(=C(C#N)C(=O)NCC#N)sc(=CNc2cccc(CCCN3CCCCC3)c2)c1=O. The van der Waals surface area contributed by atoms with Crippen molar-refractivity contribution in [2.75, 3.05) is 31.5 Å². The Balaban J connectivity index is 1.76. The van der Waals surface area contributed by atoms with Crippen LogP contribution >= 0.6 is 11.3 Å². The van der Waals surface area contributed by atoms with Gasteiger partial charge in [-0.1, -0.05) is 18.6 Å². The van der Waals surface area contributed by atoms with E-state index in [1.165, 1.54) is 42.5 Å². The smallest absolute Gasteiger partial charge is 0.270 e. The number of nitrogens with one attached hydrogen (secondary N) is 2. The van der Waals surface area contributed by atoms with Gasteiger partial charge in [0.15, 0.2) is 5.57 Å². The summed E-state index contributed by atoms with van der Waals surface area (Å²) < 4.78 is 2.08. The van der Waals surface area contributed by atoms with E-state index in [0.717, 1.165) is 36.4 Å². The van der Waals surface area contributed by atoms with Crippen LogP contribution in [-0.4, -0.2) is 41.6 Å². The first-order valence-electron chi connectivity index (χ1n) is 11.6. The number of carbonyl (C=O) groups is 1. The molecule has 0 atom stereocenters. The van der Waals surface area contributed by atoms with Gasteiger partial charge in [0.05, 0.1) is 6.07 Å². The Morgan fingerprint density at radius 2 is 2.03 bits per heavy atom. The van der Waals surface area contributed by atoms with Gasteiger partial charge in [-0.15, -0.1) is 11.3 Å². The lowest BCUT2D eigenvalue weighted by Crippen LogP contribution is -2.34. The molecule has 3 rings (SSSR count). The first-order chi connectivity index (χ1) is 16.6. The highest BCUT2D eigenvalue weighted by Gasteiger charge is 2.15. The summed E-state index contributed by atoms with van der Waals surface area (Å²) in [5, 5.41) is 23.7. The summed E-state index contributed by atoms with van der Waals surface area (Å²) >= 11 is 1.08. The number of thiazole rings is 1. The molecular weight excluding hydrogens is 448 g/mol. The van der Waals surface area contributed by atoms with Gasteiger partial charge < -0.3 is 15.5 Å². The predicted molar refractivity (Wildman–Crippen MR) is 134 cm³/mol. The molecule has 0 radical (unpaired) electrons. The molecule has 8 nitrogen and oxygen atoms in total. The minimum absolute atomic E-state index is 0.172. The molecule has 1 amide bonds. The average Bonchev–Trinajstić information content (AvgIpc) is 3.17. The Hall–Kier alpha value is -3.40. The number of piperidine rings is 1. The van der Waals surface area contributed by atoms with Gasteiger partial charge in [-0.25, -0.2) is 0 Å². The van der Waals surface area contributed by atoms with Crippen molar-refractivity contribution < 1.29 is 4.79 Å². The minimum Gasteiger partial charge on any atom is -0.360 e. The zero-order valence-corrected chi connectivity index (χ0v) is 20.3. The van der Waals surface area contributed by atoms with Crippen molar-refractivity contribution in [1.82, 2.24) is 14.8 Å². The zero-order valence-electron chi connectivity index (χ0n) is 19.5. The van der Waals surface area contributed by atoms with Crippen molar-refractivity contribution in [3.63, 3.8) is 0 Å². The molecular formula is C25H30N6O2S. The standard InChI is InChI=1S/C25H30N6O2S/c1-2-31-24(33)22(34-25(31)21(17-27)23(32)28-12-11-26)18-29-20-10-6-8-19(16-20)9-7-15-30-13-4-3-5-14-30/h6,8,10,16,18,29H,2-5,7,9,12-15H2,1H3,(H,28,32). The van der Waals surface area contributed by atoms with Crippen LogP contribution in [-0.2, 0) is 17.8 Å². The van der Waals surface area contributed by atoms with Gasteiger partial charge in [-0.3, -0.25) is 14.2 Å². The largest absolute Gasteiger partial charge is 0.360 e. The molecule has 178 valence electrons. The Bertz CT molecular complexity index is 1260. The fourth-order valence-electron chi connectivity index (χ4n) is 4.05. The molecule has 1 aromatic heterocycles. The number of aromatic nitrogens is 1. The molecule has 2 heterocycles. The lowest BCUT2D eigenvalue weighted by atomic mass is 10.1. The number of nitrogens with zero attached hydrogens (tertiary/aromatic N) is 4. The van der Waals surface area contributed by atoms with Gasteiger partial charge in [-0.2, -0.15) is 10.5 Å². The Labute approximate surface area is 203 Å². The number of carbonyl (C=O) groups excluding carboxylic acids is 1.